The fourth-order valence-corrected chi connectivity index (χ4v) is 2.65. The normalized spacial score (nSPS) is 11.0. The Morgan fingerprint density at radius 2 is 2.13 bits per heavy atom. The fourth-order valence-electron chi connectivity index (χ4n) is 1.64. The number of aromatic amines is 1. The summed E-state index contributed by atoms with van der Waals surface area (Å²) in [6.45, 7) is 2.02. The molecule has 2 nitrogen and oxygen atoms in total. The van der Waals surface area contributed by atoms with Gasteiger partial charge in [-0.25, -0.2) is 4.98 Å². The second-order valence-corrected chi connectivity index (χ2v) is 4.65. The van der Waals surface area contributed by atoms with E-state index in [9.17, 15) is 0 Å². The van der Waals surface area contributed by atoms with Crippen molar-refractivity contribution in [1.82, 2.24) is 9.97 Å². The van der Waals surface area contributed by atoms with Gasteiger partial charge in [0.15, 0.2) is 0 Å². The summed E-state index contributed by atoms with van der Waals surface area (Å²) < 4.78 is 1.31. The molecule has 0 saturated carbocycles. The number of thiophene rings is 1. The van der Waals surface area contributed by atoms with Crippen LogP contribution >= 0.6 is 11.3 Å². The van der Waals surface area contributed by atoms with Gasteiger partial charge in [0.1, 0.15) is 5.82 Å². The molecule has 2 heterocycles. The van der Waals surface area contributed by atoms with Crippen molar-refractivity contribution in [3.63, 3.8) is 0 Å². The Morgan fingerprint density at radius 3 is 2.87 bits per heavy atom. The van der Waals surface area contributed by atoms with Gasteiger partial charge in [-0.2, -0.15) is 0 Å². The average Bonchev–Trinajstić information content (AvgIpc) is 2.82. The molecule has 3 heteroatoms. The van der Waals surface area contributed by atoms with Crippen molar-refractivity contribution >= 4 is 21.4 Å². The van der Waals surface area contributed by atoms with Crippen LogP contribution in [0.15, 0.2) is 36.5 Å². The Kier molecular flexibility index (Phi) is 1.86. The summed E-state index contributed by atoms with van der Waals surface area (Å²) in [5.41, 5.74) is 1.10. The SMILES string of the molecule is Cc1cnc(-c2cc3ccccc3s2)[nH]1. The second-order valence-electron chi connectivity index (χ2n) is 3.56. The van der Waals surface area contributed by atoms with E-state index in [1.54, 1.807) is 11.3 Å². The van der Waals surface area contributed by atoms with Gasteiger partial charge in [-0.1, -0.05) is 18.2 Å². The van der Waals surface area contributed by atoms with E-state index in [1.807, 2.05) is 13.1 Å². The van der Waals surface area contributed by atoms with E-state index >= 15 is 0 Å². The van der Waals surface area contributed by atoms with Gasteiger partial charge in [-0.15, -0.1) is 11.3 Å². The zero-order valence-corrected chi connectivity index (χ0v) is 9.14. The molecule has 1 aromatic carbocycles. The van der Waals surface area contributed by atoms with E-state index in [4.69, 9.17) is 0 Å². The highest BCUT2D eigenvalue weighted by Gasteiger charge is 2.05. The molecule has 2 aromatic heterocycles. The van der Waals surface area contributed by atoms with Crippen LogP contribution in [-0.4, -0.2) is 9.97 Å². The minimum atomic E-state index is 0.966. The molecule has 0 aliphatic carbocycles. The summed E-state index contributed by atoms with van der Waals surface area (Å²) in [5.74, 6) is 0.966. The third kappa shape index (κ3) is 1.45. The lowest BCUT2D eigenvalue weighted by molar-refractivity contribution is 1.27. The van der Waals surface area contributed by atoms with E-state index < -0.39 is 0 Å². The molecule has 0 spiro atoms. The summed E-state index contributed by atoms with van der Waals surface area (Å²) in [6, 6.07) is 10.6. The lowest BCUT2D eigenvalue weighted by Crippen LogP contribution is -1.73. The van der Waals surface area contributed by atoms with Gasteiger partial charge >= 0.3 is 0 Å². The summed E-state index contributed by atoms with van der Waals surface area (Å²) in [7, 11) is 0. The Hall–Kier alpha value is -1.61. The molecule has 74 valence electrons. The number of nitrogens with zero attached hydrogens (tertiary/aromatic N) is 1. The van der Waals surface area contributed by atoms with Crippen LogP contribution in [0.25, 0.3) is 20.8 Å². The number of fused-ring (bicyclic) bond motifs is 1. The molecule has 0 saturated heterocycles. The third-order valence-electron chi connectivity index (χ3n) is 2.36. The molecule has 3 aromatic rings. The van der Waals surface area contributed by atoms with E-state index in [1.165, 1.54) is 15.0 Å². The van der Waals surface area contributed by atoms with Gasteiger partial charge < -0.3 is 4.98 Å². The van der Waals surface area contributed by atoms with Crippen LogP contribution in [0.1, 0.15) is 5.69 Å². The molecule has 3 rings (SSSR count). The maximum absolute atomic E-state index is 4.34. The molecule has 0 amide bonds. The Labute approximate surface area is 91.6 Å². The van der Waals surface area contributed by atoms with E-state index in [2.05, 4.69) is 40.3 Å². The van der Waals surface area contributed by atoms with Gasteiger partial charge in [0.05, 0.1) is 4.88 Å². The Balaban J connectivity index is 2.19. The van der Waals surface area contributed by atoms with Gasteiger partial charge in [0.25, 0.3) is 0 Å². The van der Waals surface area contributed by atoms with Crippen molar-refractivity contribution < 1.29 is 0 Å². The van der Waals surface area contributed by atoms with Crippen LogP contribution in [-0.2, 0) is 0 Å². The van der Waals surface area contributed by atoms with Gasteiger partial charge in [0, 0.05) is 16.6 Å². The molecule has 15 heavy (non-hydrogen) atoms. The number of hydrogen-bond acceptors (Lipinski definition) is 2. The Morgan fingerprint density at radius 1 is 1.27 bits per heavy atom. The zero-order chi connectivity index (χ0) is 10.3. The van der Waals surface area contributed by atoms with Crippen LogP contribution in [0.2, 0.25) is 0 Å². The number of H-pyrrole nitrogens is 1. The van der Waals surface area contributed by atoms with Crippen molar-refractivity contribution in [2.24, 2.45) is 0 Å². The standard InChI is InChI=1S/C12H10N2S/c1-8-7-13-12(14-8)11-6-9-4-2-3-5-10(9)15-11/h2-7H,1H3,(H,13,14). The molecular weight excluding hydrogens is 204 g/mol. The first kappa shape index (κ1) is 8.68. The second kappa shape index (κ2) is 3.21. The predicted octanol–water partition coefficient (Wildman–Crippen LogP) is 3.60. The molecular formula is C12H10N2S. The van der Waals surface area contributed by atoms with Gasteiger partial charge in [-0.3, -0.25) is 0 Å². The first-order valence-corrected chi connectivity index (χ1v) is 5.65. The number of aromatic nitrogens is 2. The molecule has 1 N–H and O–H groups in total. The highest BCUT2D eigenvalue weighted by Crippen LogP contribution is 2.31. The Bertz CT molecular complexity index is 574. The molecule has 0 aliphatic heterocycles. The number of benzene rings is 1. The number of aryl methyl sites for hydroxylation is 1. The smallest absolute Gasteiger partial charge is 0.147 e. The van der Waals surface area contributed by atoms with Gasteiger partial charge in [0.2, 0.25) is 0 Å². The van der Waals surface area contributed by atoms with Crippen LogP contribution in [0, 0.1) is 6.92 Å². The summed E-state index contributed by atoms with van der Waals surface area (Å²) in [5, 5.41) is 1.28. The summed E-state index contributed by atoms with van der Waals surface area (Å²) >= 11 is 1.77. The largest absolute Gasteiger partial charge is 0.341 e. The number of imidazole rings is 1. The minimum absolute atomic E-state index is 0.966. The number of hydrogen-bond donors (Lipinski definition) is 1. The highest BCUT2D eigenvalue weighted by molar-refractivity contribution is 7.22. The van der Waals surface area contributed by atoms with Crippen LogP contribution in [0.5, 0.6) is 0 Å². The maximum atomic E-state index is 4.34. The molecule has 0 fully saturated rings. The average molecular weight is 214 g/mol. The molecule has 0 unspecified atom stereocenters. The minimum Gasteiger partial charge on any atom is -0.341 e. The fraction of sp³-hybridized carbons (Fsp3) is 0.0833. The molecule has 0 radical (unpaired) electrons. The first-order chi connectivity index (χ1) is 7.33. The molecule has 0 aliphatic rings. The monoisotopic (exact) mass is 214 g/mol. The van der Waals surface area contributed by atoms with E-state index in [-0.39, 0.29) is 0 Å². The lowest BCUT2D eigenvalue weighted by atomic mass is 10.2. The quantitative estimate of drug-likeness (QED) is 0.658. The highest BCUT2D eigenvalue weighted by atomic mass is 32.1. The number of rotatable bonds is 1. The predicted molar refractivity (Wildman–Crippen MR) is 64.1 cm³/mol. The van der Waals surface area contributed by atoms with E-state index in [0.29, 0.717) is 0 Å². The zero-order valence-electron chi connectivity index (χ0n) is 8.32. The van der Waals surface area contributed by atoms with Crippen molar-refractivity contribution in [2.45, 2.75) is 6.92 Å². The van der Waals surface area contributed by atoms with Crippen molar-refractivity contribution in [2.75, 3.05) is 0 Å². The molecule has 0 atom stereocenters. The van der Waals surface area contributed by atoms with E-state index in [0.717, 1.165) is 11.5 Å². The van der Waals surface area contributed by atoms with Crippen molar-refractivity contribution in [3.05, 3.63) is 42.2 Å². The lowest BCUT2D eigenvalue weighted by Gasteiger charge is -1.87. The molecule has 0 bridgehead atoms. The van der Waals surface area contributed by atoms with Crippen LogP contribution in [0.3, 0.4) is 0 Å². The van der Waals surface area contributed by atoms with Crippen LogP contribution in [0.4, 0.5) is 0 Å². The van der Waals surface area contributed by atoms with Gasteiger partial charge in [-0.05, 0) is 24.4 Å². The first-order valence-electron chi connectivity index (χ1n) is 4.83. The van der Waals surface area contributed by atoms with Crippen molar-refractivity contribution in [3.8, 4) is 10.7 Å². The topological polar surface area (TPSA) is 28.7 Å². The summed E-state index contributed by atoms with van der Waals surface area (Å²) in [4.78, 5) is 8.79. The summed E-state index contributed by atoms with van der Waals surface area (Å²) in [6.07, 6.45) is 1.86. The van der Waals surface area contributed by atoms with Crippen LogP contribution < -0.4 is 0 Å². The number of nitrogens with one attached hydrogen (secondary N) is 1. The third-order valence-corrected chi connectivity index (χ3v) is 3.48. The maximum Gasteiger partial charge on any atom is 0.147 e. The van der Waals surface area contributed by atoms with Crippen molar-refractivity contribution in [1.29, 1.82) is 0 Å².